The lowest BCUT2D eigenvalue weighted by atomic mass is 9.97. The molecule has 1 aromatic heterocycles. The van der Waals surface area contributed by atoms with Crippen LogP contribution in [0.1, 0.15) is 29.4 Å². The molecule has 1 fully saturated rings. The zero-order valence-electron chi connectivity index (χ0n) is 13.9. The van der Waals surface area contributed by atoms with Gasteiger partial charge in [-0.05, 0) is 42.3 Å². The van der Waals surface area contributed by atoms with Crippen molar-refractivity contribution in [3.63, 3.8) is 0 Å². The first-order valence-corrected chi connectivity index (χ1v) is 9.19. The van der Waals surface area contributed by atoms with Crippen molar-refractivity contribution in [2.24, 2.45) is 5.92 Å². The van der Waals surface area contributed by atoms with Gasteiger partial charge in [0.15, 0.2) is 0 Å². The van der Waals surface area contributed by atoms with Crippen LogP contribution < -0.4 is 4.90 Å². The van der Waals surface area contributed by atoms with Crippen molar-refractivity contribution in [1.29, 1.82) is 0 Å². The molecule has 0 radical (unpaired) electrons. The molecule has 126 valence electrons. The summed E-state index contributed by atoms with van der Waals surface area (Å²) in [5.74, 6) is 0.471. The molecular weight excluding hydrogens is 320 g/mol. The number of piperidine rings is 1. The highest BCUT2D eigenvalue weighted by Gasteiger charge is 2.27. The number of carbonyl (C=O) groups excluding carboxylic acids is 2. The number of hydrogen-bond acceptors (Lipinski definition) is 3. The van der Waals surface area contributed by atoms with Gasteiger partial charge in [0.25, 0.3) is 5.91 Å². The second-order valence-electron chi connectivity index (χ2n) is 6.20. The molecule has 2 aromatic rings. The lowest BCUT2D eigenvalue weighted by Crippen LogP contribution is -2.44. The van der Waals surface area contributed by atoms with E-state index in [4.69, 9.17) is 0 Å². The Hall–Kier alpha value is -2.14. The Morgan fingerprint density at radius 3 is 2.67 bits per heavy atom. The van der Waals surface area contributed by atoms with Gasteiger partial charge in [-0.25, -0.2) is 0 Å². The average molecular weight is 342 g/mol. The number of carbonyl (C=O) groups is 2. The summed E-state index contributed by atoms with van der Waals surface area (Å²) in [7, 11) is 0. The zero-order valence-corrected chi connectivity index (χ0v) is 14.7. The number of nitrogens with zero attached hydrogens (tertiary/aromatic N) is 2. The van der Waals surface area contributed by atoms with Gasteiger partial charge in [-0.2, -0.15) is 0 Å². The third-order valence-corrected chi connectivity index (χ3v) is 5.31. The van der Waals surface area contributed by atoms with Gasteiger partial charge in [0.1, 0.15) is 0 Å². The molecule has 0 bridgehead atoms. The van der Waals surface area contributed by atoms with Crippen LogP contribution in [0.2, 0.25) is 0 Å². The molecule has 24 heavy (non-hydrogen) atoms. The van der Waals surface area contributed by atoms with Crippen molar-refractivity contribution in [2.75, 3.05) is 24.5 Å². The summed E-state index contributed by atoms with van der Waals surface area (Å²) in [6.07, 6.45) is 2.05. The van der Waals surface area contributed by atoms with E-state index in [-0.39, 0.29) is 11.8 Å². The van der Waals surface area contributed by atoms with Crippen molar-refractivity contribution in [3.8, 4) is 0 Å². The number of thiophene rings is 1. The average Bonchev–Trinajstić information content (AvgIpc) is 3.15. The van der Waals surface area contributed by atoms with Crippen LogP contribution in [0.4, 0.5) is 5.69 Å². The molecule has 0 N–H and O–H groups in total. The van der Waals surface area contributed by atoms with E-state index in [0.717, 1.165) is 36.5 Å². The second-order valence-corrected chi connectivity index (χ2v) is 7.15. The molecule has 1 unspecified atom stereocenters. The predicted octanol–water partition coefficient (Wildman–Crippen LogP) is 3.65. The van der Waals surface area contributed by atoms with Gasteiger partial charge < -0.3 is 9.80 Å². The number of likely N-dealkylation sites (tertiary alicyclic amines) is 1. The fourth-order valence-electron chi connectivity index (χ4n) is 3.21. The quantitative estimate of drug-likeness (QED) is 0.851. The zero-order chi connectivity index (χ0) is 16.9. The number of amides is 2. The smallest absolute Gasteiger partial charge is 0.268 e. The Kier molecular flexibility index (Phi) is 5.30. The van der Waals surface area contributed by atoms with Crippen LogP contribution in [0.15, 0.2) is 47.8 Å². The van der Waals surface area contributed by atoms with Gasteiger partial charge in [-0.15, -0.1) is 11.3 Å². The standard InChI is InChI=1S/C19H22N2O2S/c1-15(22)20-11-5-7-16(13-20)14-21(17-8-3-2-4-9-17)19(23)18-10-6-12-24-18/h2-4,6,8-10,12,16H,5,7,11,13-14H2,1H3. The number of rotatable bonds is 4. The van der Waals surface area contributed by atoms with Gasteiger partial charge in [-0.3, -0.25) is 9.59 Å². The monoisotopic (exact) mass is 342 g/mol. The Labute approximate surface area is 146 Å². The lowest BCUT2D eigenvalue weighted by molar-refractivity contribution is -0.130. The molecule has 1 atom stereocenters. The third-order valence-electron chi connectivity index (χ3n) is 4.45. The largest absolute Gasteiger partial charge is 0.343 e. The first-order valence-electron chi connectivity index (χ1n) is 8.31. The van der Waals surface area contributed by atoms with E-state index >= 15 is 0 Å². The molecule has 0 aliphatic carbocycles. The minimum absolute atomic E-state index is 0.0381. The fraction of sp³-hybridized carbons (Fsp3) is 0.368. The van der Waals surface area contributed by atoms with E-state index in [2.05, 4.69) is 0 Å². The van der Waals surface area contributed by atoms with E-state index in [0.29, 0.717) is 12.5 Å². The van der Waals surface area contributed by atoms with Crippen LogP contribution in [-0.2, 0) is 4.79 Å². The molecule has 1 saturated heterocycles. The van der Waals surface area contributed by atoms with Crippen LogP contribution >= 0.6 is 11.3 Å². The van der Waals surface area contributed by atoms with E-state index in [1.165, 1.54) is 11.3 Å². The number of anilines is 1. The van der Waals surface area contributed by atoms with Gasteiger partial charge in [0, 0.05) is 32.2 Å². The Bertz CT molecular complexity index is 685. The summed E-state index contributed by atoms with van der Waals surface area (Å²) in [5.41, 5.74) is 0.913. The molecule has 5 heteroatoms. The lowest BCUT2D eigenvalue weighted by Gasteiger charge is -2.35. The van der Waals surface area contributed by atoms with Gasteiger partial charge in [0.2, 0.25) is 5.91 Å². The second kappa shape index (κ2) is 7.62. The Morgan fingerprint density at radius 2 is 2.00 bits per heavy atom. The van der Waals surface area contributed by atoms with Crippen molar-refractivity contribution in [2.45, 2.75) is 19.8 Å². The molecular formula is C19H22N2O2S. The highest BCUT2D eigenvalue weighted by molar-refractivity contribution is 7.12. The fourth-order valence-corrected chi connectivity index (χ4v) is 3.88. The van der Waals surface area contributed by atoms with E-state index in [9.17, 15) is 9.59 Å². The third kappa shape index (κ3) is 3.85. The molecule has 4 nitrogen and oxygen atoms in total. The van der Waals surface area contributed by atoms with Crippen LogP contribution in [0.25, 0.3) is 0 Å². The normalized spacial score (nSPS) is 17.5. The van der Waals surface area contributed by atoms with Crippen LogP contribution in [0, 0.1) is 5.92 Å². The highest BCUT2D eigenvalue weighted by atomic mass is 32.1. The highest BCUT2D eigenvalue weighted by Crippen LogP contribution is 2.24. The maximum atomic E-state index is 13.0. The van der Waals surface area contributed by atoms with Gasteiger partial charge in [0.05, 0.1) is 4.88 Å². The van der Waals surface area contributed by atoms with Crippen LogP contribution in [0.3, 0.4) is 0 Å². The maximum absolute atomic E-state index is 13.0. The minimum Gasteiger partial charge on any atom is -0.343 e. The first kappa shape index (κ1) is 16.7. The summed E-state index contributed by atoms with van der Waals surface area (Å²) in [6, 6.07) is 13.6. The Balaban J connectivity index is 1.80. The summed E-state index contributed by atoms with van der Waals surface area (Å²) >= 11 is 1.47. The predicted molar refractivity (Wildman–Crippen MR) is 97.4 cm³/mol. The minimum atomic E-state index is 0.0381. The van der Waals surface area contributed by atoms with E-state index < -0.39 is 0 Å². The van der Waals surface area contributed by atoms with Crippen LogP contribution in [-0.4, -0.2) is 36.3 Å². The van der Waals surface area contributed by atoms with Crippen molar-refractivity contribution >= 4 is 28.8 Å². The van der Waals surface area contributed by atoms with Crippen molar-refractivity contribution < 1.29 is 9.59 Å². The number of benzene rings is 1. The SMILES string of the molecule is CC(=O)N1CCCC(CN(C(=O)c2cccs2)c2ccccc2)C1. The number of hydrogen-bond donors (Lipinski definition) is 0. The topological polar surface area (TPSA) is 40.6 Å². The molecule has 1 aliphatic heterocycles. The number of para-hydroxylation sites is 1. The van der Waals surface area contributed by atoms with Crippen LogP contribution in [0.5, 0.6) is 0 Å². The Morgan fingerprint density at radius 1 is 1.21 bits per heavy atom. The molecule has 3 rings (SSSR count). The van der Waals surface area contributed by atoms with Gasteiger partial charge >= 0.3 is 0 Å². The molecule has 2 amide bonds. The molecule has 0 saturated carbocycles. The van der Waals surface area contributed by atoms with Crippen molar-refractivity contribution in [1.82, 2.24) is 4.90 Å². The van der Waals surface area contributed by atoms with Crippen molar-refractivity contribution in [3.05, 3.63) is 52.7 Å². The molecule has 1 aliphatic rings. The summed E-state index contributed by atoms with van der Waals surface area (Å²) in [4.78, 5) is 29.1. The van der Waals surface area contributed by atoms with Gasteiger partial charge in [-0.1, -0.05) is 24.3 Å². The van der Waals surface area contributed by atoms with E-state index in [1.807, 2.05) is 57.6 Å². The molecule has 1 aromatic carbocycles. The summed E-state index contributed by atoms with van der Waals surface area (Å²) in [6.45, 7) is 3.82. The summed E-state index contributed by atoms with van der Waals surface area (Å²) < 4.78 is 0. The maximum Gasteiger partial charge on any atom is 0.268 e. The first-order chi connectivity index (χ1) is 11.6. The molecule has 0 spiro atoms. The van der Waals surface area contributed by atoms with E-state index in [1.54, 1.807) is 6.92 Å². The molecule has 2 heterocycles. The summed E-state index contributed by atoms with van der Waals surface area (Å²) in [5, 5.41) is 1.93.